The first kappa shape index (κ1) is 19.5. The van der Waals surface area contributed by atoms with Gasteiger partial charge in [0, 0.05) is 12.5 Å². The molecule has 0 aliphatic carbocycles. The van der Waals surface area contributed by atoms with E-state index in [1.54, 1.807) is 33.8 Å². The van der Waals surface area contributed by atoms with Crippen molar-refractivity contribution in [3.63, 3.8) is 0 Å². The van der Waals surface area contributed by atoms with Gasteiger partial charge in [0.2, 0.25) is 0 Å². The highest BCUT2D eigenvalue weighted by Gasteiger charge is 2.43. The maximum absolute atomic E-state index is 12.3. The Balaban J connectivity index is 2.19. The number of ether oxygens (including phenoxy) is 2. The Bertz CT molecular complexity index is 726. The summed E-state index contributed by atoms with van der Waals surface area (Å²) in [6, 6.07) is 3.40. The van der Waals surface area contributed by atoms with Crippen LogP contribution < -0.4 is 4.74 Å². The van der Waals surface area contributed by atoms with Gasteiger partial charge in [-0.3, -0.25) is 15.0 Å². The molecule has 1 N–H and O–H groups in total. The maximum Gasteiger partial charge on any atom is 0.411 e. The van der Waals surface area contributed by atoms with E-state index in [1.165, 1.54) is 12.1 Å². The van der Waals surface area contributed by atoms with Gasteiger partial charge in [0.25, 0.3) is 0 Å². The lowest BCUT2D eigenvalue weighted by atomic mass is 10.2. The van der Waals surface area contributed by atoms with Crippen molar-refractivity contribution in [2.45, 2.75) is 51.9 Å². The topological polar surface area (TPSA) is 119 Å². The third-order valence-electron chi connectivity index (χ3n) is 3.78. The number of aliphatic carboxylic acids is 1. The lowest BCUT2D eigenvalue weighted by Gasteiger charge is -2.26. The van der Waals surface area contributed by atoms with E-state index in [0.29, 0.717) is 5.56 Å². The third-order valence-corrected chi connectivity index (χ3v) is 3.78. The summed E-state index contributed by atoms with van der Waals surface area (Å²) in [5, 5.41) is 20.6. The second kappa shape index (κ2) is 7.19. The lowest BCUT2D eigenvalue weighted by Crippen LogP contribution is -2.43. The SMILES string of the molecule is Cc1ccc(OC2CC(C(=O)O)N(C(=O)OC(C)(C)C)C2)c([N+](=O)[O-])c1. The highest BCUT2D eigenvalue weighted by Crippen LogP contribution is 2.32. The van der Waals surface area contributed by atoms with Gasteiger partial charge in [0.1, 0.15) is 17.7 Å². The summed E-state index contributed by atoms with van der Waals surface area (Å²) in [6.07, 6.45) is -1.43. The van der Waals surface area contributed by atoms with E-state index in [-0.39, 0.29) is 24.4 Å². The third kappa shape index (κ3) is 4.62. The van der Waals surface area contributed by atoms with Gasteiger partial charge in [0.05, 0.1) is 11.5 Å². The molecule has 0 spiro atoms. The number of hydrogen-bond donors (Lipinski definition) is 1. The zero-order chi connectivity index (χ0) is 19.6. The molecule has 1 saturated heterocycles. The molecule has 1 fully saturated rings. The Labute approximate surface area is 150 Å². The average molecular weight is 366 g/mol. The van der Waals surface area contributed by atoms with Gasteiger partial charge in [-0.15, -0.1) is 0 Å². The molecule has 1 aliphatic rings. The molecule has 142 valence electrons. The fourth-order valence-corrected chi connectivity index (χ4v) is 2.69. The molecule has 0 saturated carbocycles. The molecule has 9 heteroatoms. The second-order valence-electron chi connectivity index (χ2n) is 7.19. The van der Waals surface area contributed by atoms with Crippen LogP contribution in [0.25, 0.3) is 0 Å². The first-order valence-electron chi connectivity index (χ1n) is 8.12. The molecule has 9 nitrogen and oxygen atoms in total. The number of nitro groups is 1. The molecule has 2 rings (SSSR count). The van der Waals surface area contributed by atoms with Crippen molar-refractivity contribution >= 4 is 17.7 Å². The first-order chi connectivity index (χ1) is 12.0. The number of carboxylic acid groups (broad SMARTS) is 1. The minimum absolute atomic E-state index is 0.0135. The van der Waals surface area contributed by atoms with Crippen molar-refractivity contribution in [3.05, 3.63) is 33.9 Å². The number of hydrogen-bond acceptors (Lipinski definition) is 6. The number of amides is 1. The molecule has 1 aromatic carbocycles. The van der Waals surface area contributed by atoms with Crippen LogP contribution in [0, 0.1) is 17.0 Å². The predicted molar refractivity (Wildman–Crippen MR) is 91.2 cm³/mol. The lowest BCUT2D eigenvalue weighted by molar-refractivity contribution is -0.386. The number of nitro benzene ring substituents is 1. The van der Waals surface area contributed by atoms with Crippen LogP contribution in [0.15, 0.2) is 18.2 Å². The predicted octanol–water partition coefficient (Wildman–Crippen LogP) is 2.74. The van der Waals surface area contributed by atoms with E-state index in [4.69, 9.17) is 9.47 Å². The number of aryl methyl sites for hydroxylation is 1. The number of carbonyl (C=O) groups excluding carboxylic acids is 1. The van der Waals surface area contributed by atoms with Crippen molar-refractivity contribution in [1.29, 1.82) is 0 Å². The standard InChI is InChI=1S/C17H22N2O7/c1-10-5-6-14(12(7-10)19(23)24)25-11-8-13(15(20)21)18(9-11)16(22)26-17(2,3)4/h5-7,11,13H,8-9H2,1-4H3,(H,20,21). The summed E-state index contributed by atoms with van der Waals surface area (Å²) >= 11 is 0. The van der Waals surface area contributed by atoms with Crippen LogP contribution in [-0.4, -0.2) is 51.3 Å². The first-order valence-corrected chi connectivity index (χ1v) is 8.12. The van der Waals surface area contributed by atoms with Crippen molar-refractivity contribution < 1.29 is 29.1 Å². The van der Waals surface area contributed by atoms with Crippen LogP contribution in [0.1, 0.15) is 32.8 Å². The number of likely N-dealkylation sites (tertiary alicyclic amines) is 1. The Morgan fingerprint density at radius 1 is 1.35 bits per heavy atom. The van der Waals surface area contributed by atoms with E-state index in [0.717, 1.165) is 4.90 Å². The zero-order valence-electron chi connectivity index (χ0n) is 15.1. The van der Waals surface area contributed by atoms with Gasteiger partial charge < -0.3 is 14.6 Å². The average Bonchev–Trinajstić information content (AvgIpc) is 2.91. The van der Waals surface area contributed by atoms with Gasteiger partial charge in [-0.05, 0) is 39.3 Å². The molecule has 1 heterocycles. The van der Waals surface area contributed by atoms with Crippen LogP contribution >= 0.6 is 0 Å². The van der Waals surface area contributed by atoms with Gasteiger partial charge in [-0.1, -0.05) is 6.07 Å². The van der Waals surface area contributed by atoms with Gasteiger partial charge in [0.15, 0.2) is 5.75 Å². The van der Waals surface area contributed by atoms with Crippen LogP contribution in [0.2, 0.25) is 0 Å². The second-order valence-corrected chi connectivity index (χ2v) is 7.19. The number of benzene rings is 1. The Kier molecular flexibility index (Phi) is 5.38. The van der Waals surface area contributed by atoms with Crippen LogP contribution in [0.5, 0.6) is 5.75 Å². The molecule has 0 aromatic heterocycles. The zero-order valence-corrected chi connectivity index (χ0v) is 15.1. The van der Waals surface area contributed by atoms with Gasteiger partial charge in [-0.2, -0.15) is 0 Å². The Morgan fingerprint density at radius 3 is 2.54 bits per heavy atom. The van der Waals surface area contributed by atoms with Gasteiger partial charge in [-0.25, -0.2) is 9.59 Å². The fraction of sp³-hybridized carbons (Fsp3) is 0.529. The maximum atomic E-state index is 12.3. The molecule has 1 aliphatic heterocycles. The van der Waals surface area contributed by atoms with Crippen molar-refractivity contribution in [2.75, 3.05) is 6.54 Å². The molecular formula is C17H22N2O7. The van der Waals surface area contributed by atoms with Crippen molar-refractivity contribution in [2.24, 2.45) is 0 Å². The van der Waals surface area contributed by atoms with Crippen LogP contribution in [-0.2, 0) is 9.53 Å². The number of carbonyl (C=O) groups is 2. The minimum atomic E-state index is -1.18. The minimum Gasteiger partial charge on any atom is -0.482 e. The van der Waals surface area contributed by atoms with E-state index in [9.17, 15) is 24.8 Å². The molecule has 2 unspecified atom stereocenters. The number of carboxylic acids is 1. The van der Waals surface area contributed by atoms with Crippen LogP contribution in [0.4, 0.5) is 10.5 Å². The fourth-order valence-electron chi connectivity index (χ4n) is 2.69. The summed E-state index contributed by atoms with van der Waals surface area (Å²) in [4.78, 5) is 35.5. The Morgan fingerprint density at radius 2 is 2.00 bits per heavy atom. The Hall–Kier alpha value is -2.84. The summed E-state index contributed by atoms with van der Waals surface area (Å²) in [6.45, 7) is 6.73. The quantitative estimate of drug-likeness (QED) is 0.642. The van der Waals surface area contributed by atoms with E-state index in [1.807, 2.05) is 0 Å². The number of rotatable bonds is 4. The summed E-state index contributed by atoms with van der Waals surface area (Å²) in [5.74, 6) is -1.14. The highest BCUT2D eigenvalue weighted by molar-refractivity contribution is 5.81. The summed E-state index contributed by atoms with van der Waals surface area (Å²) in [5.41, 5.74) is -0.267. The molecule has 0 radical (unpaired) electrons. The summed E-state index contributed by atoms with van der Waals surface area (Å²) in [7, 11) is 0. The largest absolute Gasteiger partial charge is 0.482 e. The molecule has 2 atom stereocenters. The molecule has 1 aromatic rings. The molecule has 26 heavy (non-hydrogen) atoms. The van der Waals surface area contributed by atoms with Crippen LogP contribution in [0.3, 0.4) is 0 Å². The monoisotopic (exact) mass is 366 g/mol. The normalized spacial score (nSPS) is 19.9. The number of nitrogens with zero attached hydrogens (tertiary/aromatic N) is 2. The van der Waals surface area contributed by atoms with E-state index in [2.05, 4.69) is 0 Å². The van der Waals surface area contributed by atoms with Crippen molar-refractivity contribution in [3.8, 4) is 5.75 Å². The van der Waals surface area contributed by atoms with Gasteiger partial charge >= 0.3 is 17.7 Å². The van der Waals surface area contributed by atoms with E-state index >= 15 is 0 Å². The molecular weight excluding hydrogens is 344 g/mol. The van der Waals surface area contributed by atoms with E-state index < -0.39 is 34.7 Å². The summed E-state index contributed by atoms with van der Waals surface area (Å²) < 4.78 is 10.9. The molecule has 1 amide bonds. The molecule has 0 bridgehead atoms. The highest BCUT2D eigenvalue weighted by atomic mass is 16.6. The van der Waals surface area contributed by atoms with Crippen molar-refractivity contribution in [1.82, 2.24) is 4.90 Å². The smallest absolute Gasteiger partial charge is 0.411 e.